The van der Waals surface area contributed by atoms with E-state index in [4.69, 9.17) is 28.9 Å². The first-order valence-corrected chi connectivity index (χ1v) is 10.8. The van der Waals surface area contributed by atoms with E-state index < -0.39 is 0 Å². The first-order chi connectivity index (χ1) is 13.3. The molecule has 0 saturated heterocycles. The largest absolute Gasteiger partial charge is 0.368 e. The zero-order valence-corrected chi connectivity index (χ0v) is 18.8. The summed E-state index contributed by atoms with van der Waals surface area (Å²) < 4.78 is 0.933. The molecule has 0 aliphatic carbocycles. The average Bonchev–Trinajstić information content (AvgIpc) is 3.04. The molecule has 1 aromatic heterocycles. The number of anilines is 1. The minimum atomic E-state index is -0.137. The number of rotatable bonds is 5. The number of fused-ring (bicyclic) bond motifs is 1. The molecule has 9 heteroatoms. The summed E-state index contributed by atoms with van der Waals surface area (Å²) in [5.41, 5.74) is 10.1. The highest BCUT2D eigenvalue weighted by molar-refractivity contribution is 9.10. The van der Waals surface area contributed by atoms with Gasteiger partial charge in [-0.1, -0.05) is 27.5 Å². The Labute approximate surface area is 182 Å². The van der Waals surface area contributed by atoms with Gasteiger partial charge in [0.1, 0.15) is 0 Å². The minimum absolute atomic E-state index is 0.0530. The SMILES string of the molecule is CC(C)NC(=O)N1Cc2nc(N)nc(-c3cc(CCCCl)c(Br)cc3Cl)c2C1. The first-order valence-electron chi connectivity index (χ1n) is 9.05. The van der Waals surface area contributed by atoms with Gasteiger partial charge in [-0.05, 0) is 44.4 Å². The molecule has 1 aliphatic heterocycles. The number of hydrogen-bond acceptors (Lipinski definition) is 4. The zero-order valence-electron chi connectivity index (χ0n) is 15.7. The van der Waals surface area contributed by atoms with E-state index in [1.54, 1.807) is 4.90 Å². The number of carbonyl (C=O) groups excluding carboxylic acids is 1. The highest BCUT2D eigenvalue weighted by Gasteiger charge is 2.29. The molecule has 150 valence electrons. The van der Waals surface area contributed by atoms with Gasteiger partial charge in [0.2, 0.25) is 5.95 Å². The number of carbonyl (C=O) groups is 1. The third-order valence-corrected chi connectivity index (χ3v) is 5.79. The standard InChI is InChI=1S/C19H22BrCl2N5O/c1-10(2)24-19(28)27-8-13-16(9-27)25-18(23)26-17(13)12-6-11(4-3-5-21)14(20)7-15(12)22/h6-7,10H,3-5,8-9H2,1-2H3,(H,24,28)(H2,23,25,26). The van der Waals surface area contributed by atoms with Gasteiger partial charge in [0, 0.05) is 27.5 Å². The van der Waals surface area contributed by atoms with Crippen molar-refractivity contribution < 1.29 is 4.79 Å². The van der Waals surface area contributed by atoms with Crippen LogP contribution in [0.15, 0.2) is 16.6 Å². The Hall–Kier alpha value is -1.57. The van der Waals surface area contributed by atoms with Crippen LogP contribution in [0.2, 0.25) is 5.02 Å². The number of aromatic nitrogens is 2. The lowest BCUT2D eigenvalue weighted by Gasteiger charge is -2.18. The Bertz CT molecular complexity index is 906. The van der Waals surface area contributed by atoms with Crippen LogP contribution in [0.4, 0.5) is 10.7 Å². The van der Waals surface area contributed by atoms with Crippen LogP contribution < -0.4 is 11.1 Å². The summed E-state index contributed by atoms with van der Waals surface area (Å²) in [7, 11) is 0. The number of halogens is 3. The summed E-state index contributed by atoms with van der Waals surface area (Å²) in [4.78, 5) is 22.9. The predicted octanol–water partition coefficient (Wildman–Crippen LogP) is 4.75. The Kier molecular flexibility index (Phi) is 6.68. The van der Waals surface area contributed by atoms with Crippen LogP contribution in [-0.4, -0.2) is 32.8 Å². The summed E-state index contributed by atoms with van der Waals surface area (Å²) >= 11 is 16.0. The number of aryl methyl sites for hydroxylation is 1. The van der Waals surface area contributed by atoms with Crippen molar-refractivity contribution in [1.82, 2.24) is 20.2 Å². The Morgan fingerprint density at radius 2 is 2.11 bits per heavy atom. The van der Waals surface area contributed by atoms with Gasteiger partial charge in [-0.2, -0.15) is 0 Å². The number of amides is 2. The summed E-state index contributed by atoms with van der Waals surface area (Å²) in [6, 6.07) is 3.79. The van der Waals surface area contributed by atoms with Crippen LogP contribution in [-0.2, 0) is 19.5 Å². The molecule has 3 N–H and O–H groups in total. The quantitative estimate of drug-likeness (QED) is 0.597. The zero-order chi connectivity index (χ0) is 20.4. The molecule has 1 aliphatic rings. The molecule has 2 heterocycles. The number of nitrogens with one attached hydrogen (secondary N) is 1. The number of nitrogens with zero attached hydrogens (tertiary/aromatic N) is 3. The molecule has 0 bridgehead atoms. The van der Waals surface area contributed by atoms with E-state index in [9.17, 15) is 4.79 Å². The second-order valence-corrected chi connectivity index (χ2v) is 8.67. The summed E-state index contributed by atoms with van der Waals surface area (Å²) in [5, 5.41) is 3.47. The number of nitrogen functional groups attached to an aromatic ring is 1. The molecule has 3 rings (SSSR count). The summed E-state index contributed by atoms with van der Waals surface area (Å²) in [5.74, 6) is 0.751. The van der Waals surface area contributed by atoms with Gasteiger partial charge >= 0.3 is 6.03 Å². The molecule has 0 radical (unpaired) electrons. The topological polar surface area (TPSA) is 84.1 Å². The van der Waals surface area contributed by atoms with Crippen molar-refractivity contribution in [2.45, 2.75) is 45.8 Å². The fourth-order valence-electron chi connectivity index (χ4n) is 3.20. The van der Waals surface area contributed by atoms with Crippen molar-refractivity contribution in [3.63, 3.8) is 0 Å². The molecule has 1 aromatic carbocycles. The molecule has 2 amide bonds. The lowest BCUT2D eigenvalue weighted by Crippen LogP contribution is -2.40. The molecular formula is C19H22BrCl2N5O. The van der Waals surface area contributed by atoms with Crippen molar-refractivity contribution in [2.75, 3.05) is 11.6 Å². The van der Waals surface area contributed by atoms with Gasteiger partial charge < -0.3 is 16.0 Å². The van der Waals surface area contributed by atoms with Crippen LogP contribution >= 0.6 is 39.1 Å². The summed E-state index contributed by atoms with van der Waals surface area (Å²) in [6.07, 6.45) is 1.67. The molecule has 0 spiro atoms. The highest BCUT2D eigenvalue weighted by Crippen LogP contribution is 2.37. The van der Waals surface area contributed by atoms with Crippen molar-refractivity contribution in [3.05, 3.63) is 38.4 Å². The van der Waals surface area contributed by atoms with Crippen molar-refractivity contribution in [3.8, 4) is 11.3 Å². The molecule has 6 nitrogen and oxygen atoms in total. The lowest BCUT2D eigenvalue weighted by molar-refractivity contribution is 0.195. The van der Waals surface area contributed by atoms with Gasteiger partial charge in [0.05, 0.1) is 29.5 Å². The molecule has 0 atom stereocenters. The van der Waals surface area contributed by atoms with Crippen molar-refractivity contribution in [2.24, 2.45) is 0 Å². The predicted molar refractivity (Wildman–Crippen MR) is 117 cm³/mol. The van der Waals surface area contributed by atoms with E-state index in [-0.39, 0.29) is 18.0 Å². The van der Waals surface area contributed by atoms with Crippen LogP contribution in [0.1, 0.15) is 37.1 Å². The van der Waals surface area contributed by atoms with Gasteiger partial charge in [-0.25, -0.2) is 14.8 Å². The Balaban J connectivity index is 2.01. The van der Waals surface area contributed by atoms with Crippen molar-refractivity contribution in [1.29, 1.82) is 0 Å². The molecule has 0 fully saturated rings. The molecule has 28 heavy (non-hydrogen) atoms. The third-order valence-electron chi connectivity index (χ3n) is 4.47. The van der Waals surface area contributed by atoms with E-state index >= 15 is 0 Å². The maximum absolute atomic E-state index is 12.4. The highest BCUT2D eigenvalue weighted by atomic mass is 79.9. The number of benzene rings is 1. The van der Waals surface area contributed by atoms with Crippen LogP contribution in [0.25, 0.3) is 11.3 Å². The molecule has 2 aromatic rings. The van der Waals surface area contributed by atoms with Gasteiger partial charge in [0.15, 0.2) is 0 Å². The number of urea groups is 1. The summed E-state index contributed by atoms with van der Waals surface area (Å²) in [6.45, 7) is 4.65. The normalized spacial score (nSPS) is 13.1. The molecular weight excluding hydrogens is 465 g/mol. The number of hydrogen-bond donors (Lipinski definition) is 2. The van der Waals surface area contributed by atoms with Gasteiger partial charge in [-0.3, -0.25) is 0 Å². The maximum Gasteiger partial charge on any atom is 0.318 e. The van der Waals surface area contributed by atoms with Crippen LogP contribution in [0.5, 0.6) is 0 Å². The Morgan fingerprint density at radius 3 is 2.79 bits per heavy atom. The van der Waals surface area contributed by atoms with E-state index in [0.717, 1.165) is 39.7 Å². The fourth-order valence-corrected chi connectivity index (χ4v) is 4.26. The maximum atomic E-state index is 12.4. The Morgan fingerprint density at radius 1 is 1.36 bits per heavy atom. The number of alkyl halides is 1. The van der Waals surface area contributed by atoms with Gasteiger partial charge in [0.25, 0.3) is 0 Å². The molecule has 0 saturated carbocycles. The minimum Gasteiger partial charge on any atom is -0.368 e. The smallest absolute Gasteiger partial charge is 0.318 e. The van der Waals surface area contributed by atoms with Crippen LogP contribution in [0.3, 0.4) is 0 Å². The fraction of sp³-hybridized carbons (Fsp3) is 0.421. The second kappa shape index (κ2) is 8.84. The first kappa shape index (κ1) is 21.1. The van der Waals surface area contributed by atoms with E-state index in [2.05, 4.69) is 31.2 Å². The molecule has 0 unspecified atom stereocenters. The monoisotopic (exact) mass is 485 g/mol. The van der Waals surface area contributed by atoms with E-state index in [1.807, 2.05) is 26.0 Å². The second-order valence-electron chi connectivity index (χ2n) is 7.03. The van der Waals surface area contributed by atoms with E-state index in [1.165, 1.54) is 0 Å². The number of nitrogens with two attached hydrogens (primary N) is 1. The third kappa shape index (κ3) is 4.53. The van der Waals surface area contributed by atoms with Crippen LogP contribution in [0, 0.1) is 0 Å². The lowest BCUT2D eigenvalue weighted by atomic mass is 10.0. The van der Waals surface area contributed by atoms with E-state index in [0.29, 0.717) is 29.7 Å². The van der Waals surface area contributed by atoms with Crippen molar-refractivity contribution >= 4 is 51.1 Å². The average molecular weight is 487 g/mol. The van der Waals surface area contributed by atoms with Gasteiger partial charge in [-0.15, -0.1) is 11.6 Å².